The molecule has 6 heteroatoms. The summed E-state index contributed by atoms with van der Waals surface area (Å²) in [6, 6.07) is 18.2. The number of benzene rings is 2. The molecular formula is C24H25N3O2S. The van der Waals surface area contributed by atoms with Crippen LogP contribution in [0, 0.1) is 6.92 Å². The SMILES string of the molecule is Cc1cc2c(N3CCN(CCOc4ccc5ccc(=O)[nH]c5c4)CC3)cccc2s1. The van der Waals surface area contributed by atoms with Gasteiger partial charge in [-0.05, 0) is 48.7 Å². The van der Waals surface area contributed by atoms with Crippen molar-refractivity contribution in [2.45, 2.75) is 6.92 Å². The van der Waals surface area contributed by atoms with Gasteiger partial charge in [-0.1, -0.05) is 6.07 Å². The summed E-state index contributed by atoms with van der Waals surface area (Å²) in [5, 5.41) is 2.39. The molecule has 4 aromatic rings. The van der Waals surface area contributed by atoms with Crippen molar-refractivity contribution in [1.82, 2.24) is 9.88 Å². The Balaban J connectivity index is 1.16. The average Bonchev–Trinajstić information content (AvgIpc) is 3.14. The molecule has 1 saturated heterocycles. The first kappa shape index (κ1) is 19.2. The van der Waals surface area contributed by atoms with Gasteiger partial charge in [0.05, 0.1) is 5.52 Å². The van der Waals surface area contributed by atoms with Gasteiger partial charge in [-0.2, -0.15) is 0 Å². The van der Waals surface area contributed by atoms with Gasteiger partial charge in [0.25, 0.3) is 0 Å². The van der Waals surface area contributed by atoms with Crippen molar-refractivity contribution >= 4 is 38.0 Å². The van der Waals surface area contributed by atoms with Crippen molar-refractivity contribution in [2.75, 3.05) is 44.2 Å². The molecule has 0 atom stereocenters. The van der Waals surface area contributed by atoms with Crippen LogP contribution in [-0.2, 0) is 0 Å². The van der Waals surface area contributed by atoms with Gasteiger partial charge in [0.2, 0.25) is 5.56 Å². The number of ether oxygens (including phenoxy) is 1. The predicted molar refractivity (Wildman–Crippen MR) is 125 cm³/mol. The van der Waals surface area contributed by atoms with Crippen LogP contribution in [0.25, 0.3) is 21.0 Å². The highest BCUT2D eigenvalue weighted by Gasteiger charge is 2.19. The van der Waals surface area contributed by atoms with E-state index in [9.17, 15) is 4.79 Å². The standard InChI is InChI=1S/C24H25N3O2S/c1-17-15-20-22(3-2-4-23(20)30-17)27-11-9-26(10-12-27)13-14-29-19-7-5-18-6-8-24(28)25-21(18)16-19/h2-8,15-16H,9-14H2,1H3,(H,25,28). The van der Waals surface area contributed by atoms with Gasteiger partial charge in [-0.3, -0.25) is 9.69 Å². The second-order valence-corrected chi connectivity index (χ2v) is 9.08. The molecule has 2 aromatic carbocycles. The Morgan fingerprint density at radius 1 is 1.03 bits per heavy atom. The molecule has 2 aromatic heterocycles. The lowest BCUT2D eigenvalue weighted by atomic mass is 10.1. The molecule has 5 rings (SSSR count). The smallest absolute Gasteiger partial charge is 0.248 e. The number of H-pyrrole nitrogens is 1. The second-order valence-electron chi connectivity index (χ2n) is 7.79. The zero-order valence-corrected chi connectivity index (χ0v) is 17.9. The maximum absolute atomic E-state index is 11.5. The van der Waals surface area contributed by atoms with Crippen molar-refractivity contribution in [1.29, 1.82) is 0 Å². The number of aromatic amines is 1. The zero-order valence-electron chi connectivity index (χ0n) is 17.1. The van der Waals surface area contributed by atoms with Gasteiger partial charge in [-0.25, -0.2) is 0 Å². The topological polar surface area (TPSA) is 48.6 Å². The summed E-state index contributed by atoms with van der Waals surface area (Å²) < 4.78 is 7.33. The van der Waals surface area contributed by atoms with Crippen LogP contribution in [-0.4, -0.2) is 49.2 Å². The molecule has 0 saturated carbocycles. The normalized spacial score (nSPS) is 15.2. The van der Waals surface area contributed by atoms with Crippen LogP contribution in [0.2, 0.25) is 0 Å². The van der Waals surface area contributed by atoms with Crippen LogP contribution in [0.5, 0.6) is 5.75 Å². The number of hydrogen-bond acceptors (Lipinski definition) is 5. The van der Waals surface area contributed by atoms with E-state index in [4.69, 9.17) is 4.74 Å². The number of aromatic nitrogens is 1. The maximum atomic E-state index is 11.5. The van der Waals surface area contributed by atoms with E-state index in [1.807, 2.05) is 35.6 Å². The molecule has 154 valence electrons. The number of rotatable bonds is 5. The van der Waals surface area contributed by atoms with Gasteiger partial charge < -0.3 is 14.6 Å². The molecule has 5 nitrogen and oxygen atoms in total. The van der Waals surface area contributed by atoms with Crippen LogP contribution >= 0.6 is 11.3 Å². The Bertz CT molecular complexity index is 1240. The van der Waals surface area contributed by atoms with Crippen LogP contribution in [0.3, 0.4) is 0 Å². The van der Waals surface area contributed by atoms with Gasteiger partial charge in [0.1, 0.15) is 12.4 Å². The number of pyridine rings is 1. The minimum atomic E-state index is -0.0918. The van der Waals surface area contributed by atoms with E-state index in [0.29, 0.717) is 6.61 Å². The number of hydrogen-bond donors (Lipinski definition) is 1. The molecule has 1 fully saturated rings. The van der Waals surface area contributed by atoms with E-state index in [-0.39, 0.29) is 5.56 Å². The first-order valence-corrected chi connectivity index (χ1v) is 11.2. The summed E-state index contributed by atoms with van der Waals surface area (Å²) >= 11 is 1.87. The molecule has 0 bridgehead atoms. The minimum absolute atomic E-state index is 0.0918. The van der Waals surface area contributed by atoms with E-state index in [2.05, 4.69) is 46.0 Å². The number of piperazine rings is 1. The summed E-state index contributed by atoms with van der Waals surface area (Å²) in [5.74, 6) is 0.794. The van der Waals surface area contributed by atoms with Crippen molar-refractivity contribution < 1.29 is 4.74 Å². The van der Waals surface area contributed by atoms with Crippen LogP contribution < -0.4 is 15.2 Å². The summed E-state index contributed by atoms with van der Waals surface area (Å²) in [6.45, 7) is 7.86. The van der Waals surface area contributed by atoms with Crippen molar-refractivity contribution in [3.05, 3.63) is 69.8 Å². The first-order chi connectivity index (χ1) is 14.7. The fourth-order valence-electron chi connectivity index (χ4n) is 4.17. The number of aryl methyl sites for hydroxylation is 1. The van der Waals surface area contributed by atoms with Crippen LogP contribution in [0.4, 0.5) is 5.69 Å². The minimum Gasteiger partial charge on any atom is -0.492 e. The lowest BCUT2D eigenvalue weighted by molar-refractivity contribution is 0.201. The van der Waals surface area contributed by atoms with Gasteiger partial charge in [-0.15, -0.1) is 11.3 Å². The Hall–Kier alpha value is -2.83. The Kier molecular flexibility index (Phi) is 5.19. The Labute approximate surface area is 179 Å². The third-order valence-electron chi connectivity index (χ3n) is 5.75. The third-order valence-corrected chi connectivity index (χ3v) is 6.76. The highest BCUT2D eigenvalue weighted by molar-refractivity contribution is 7.19. The molecule has 3 heterocycles. The number of thiophene rings is 1. The fourth-order valence-corrected chi connectivity index (χ4v) is 5.12. The fraction of sp³-hybridized carbons (Fsp3) is 0.292. The molecule has 30 heavy (non-hydrogen) atoms. The van der Waals surface area contributed by atoms with Crippen molar-refractivity contribution in [2.24, 2.45) is 0 Å². The van der Waals surface area contributed by atoms with E-state index in [1.54, 1.807) is 6.07 Å². The molecular weight excluding hydrogens is 394 g/mol. The summed E-state index contributed by atoms with van der Waals surface area (Å²) in [6.07, 6.45) is 0. The lowest BCUT2D eigenvalue weighted by Gasteiger charge is -2.36. The molecule has 0 unspecified atom stereocenters. The summed E-state index contributed by atoms with van der Waals surface area (Å²) in [5.41, 5.74) is 2.08. The van der Waals surface area contributed by atoms with E-state index < -0.39 is 0 Å². The molecule has 1 aliphatic heterocycles. The summed E-state index contributed by atoms with van der Waals surface area (Å²) in [4.78, 5) is 20.7. The highest BCUT2D eigenvalue weighted by atomic mass is 32.1. The average molecular weight is 420 g/mol. The largest absolute Gasteiger partial charge is 0.492 e. The highest BCUT2D eigenvalue weighted by Crippen LogP contribution is 2.33. The second kappa shape index (κ2) is 8.13. The Morgan fingerprint density at radius 3 is 2.73 bits per heavy atom. The Morgan fingerprint density at radius 2 is 1.87 bits per heavy atom. The maximum Gasteiger partial charge on any atom is 0.248 e. The van der Waals surface area contributed by atoms with E-state index in [0.717, 1.165) is 49.4 Å². The quantitative estimate of drug-likeness (QED) is 0.525. The lowest BCUT2D eigenvalue weighted by Crippen LogP contribution is -2.47. The number of nitrogens with zero attached hydrogens (tertiary/aromatic N) is 2. The summed E-state index contributed by atoms with van der Waals surface area (Å²) in [7, 11) is 0. The molecule has 1 aliphatic rings. The molecule has 0 amide bonds. The van der Waals surface area contributed by atoms with Gasteiger partial charge >= 0.3 is 0 Å². The van der Waals surface area contributed by atoms with E-state index >= 15 is 0 Å². The monoisotopic (exact) mass is 419 g/mol. The number of fused-ring (bicyclic) bond motifs is 2. The molecule has 0 spiro atoms. The van der Waals surface area contributed by atoms with Crippen LogP contribution in [0.15, 0.2) is 59.4 Å². The van der Waals surface area contributed by atoms with Crippen molar-refractivity contribution in [3.8, 4) is 5.75 Å². The predicted octanol–water partition coefficient (Wildman–Crippen LogP) is 4.25. The van der Waals surface area contributed by atoms with Gasteiger partial charge in [0, 0.05) is 65.5 Å². The first-order valence-electron chi connectivity index (χ1n) is 10.4. The molecule has 0 radical (unpaired) electrons. The van der Waals surface area contributed by atoms with Crippen LogP contribution in [0.1, 0.15) is 4.88 Å². The number of nitrogens with one attached hydrogen (secondary N) is 1. The van der Waals surface area contributed by atoms with E-state index in [1.165, 1.54) is 20.7 Å². The molecule has 0 aliphatic carbocycles. The number of anilines is 1. The van der Waals surface area contributed by atoms with Crippen molar-refractivity contribution in [3.63, 3.8) is 0 Å². The molecule has 1 N–H and O–H groups in total. The van der Waals surface area contributed by atoms with Gasteiger partial charge in [0.15, 0.2) is 0 Å². The third kappa shape index (κ3) is 3.93. The zero-order chi connectivity index (χ0) is 20.5.